The minimum atomic E-state index is -1.54. The number of carbonyl (C=O) groups is 7. The first-order chi connectivity index (χ1) is 32.2. The van der Waals surface area contributed by atoms with Crippen LogP contribution in [0.25, 0.3) is 10.9 Å². The van der Waals surface area contributed by atoms with Crippen molar-refractivity contribution in [2.24, 2.45) is 17.8 Å². The highest BCUT2D eigenvalue weighted by Crippen LogP contribution is 2.19. The van der Waals surface area contributed by atoms with E-state index in [0.717, 1.165) is 5.39 Å². The third kappa shape index (κ3) is 20.1. The van der Waals surface area contributed by atoms with Gasteiger partial charge in [0.15, 0.2) is 0 Å². The van der Waals surface area contributed by atoms with Crippen LogP contribution in [-0.4, -0.2) is 168 Å². The molecule has 0 spiro atoms. The normalized spacial score (nSPS) is 14.8. The van der Waals surface area contributed by atoms with Gasteiger partial charge in [-0.15, -0.1) is 0 Å². The second-order valence-corrected chi connectivity index (χ2v) is 17.0. The van der Waals surface area contributed by atoms with E-state index < -0.39 is 65.1 Å². The van der Waals surface area contributed by atoms with E-state index >= 15 is 0 Å². The van der Waals surface area contributed by atoms with Gasteiger partial charge >= 0.3 is 0 Å². The number of anilines is 1. The molecule has 22 heteroatoms. The molecular weight excluding hydrogens is 889 g/mol. The number of likely N-dealkylation sites (N-methyl/N-ethyl adjacent to an activating group) is 3. The maximum absolute atomic E-state index is 13.2. The van der Waals surface area contributed by atoms with Crippen molar-refractivity contribution in [2.75, 3.05) is 72.7 Å². The molecule has 2 rings (SSSR count). The summed E-state index contributed by atoms with van der Waals surface area (Å²) in [5, 5.41) is 42.2. The van der Waals surface area contributed by atoms with Gasteiger partial charge in [0, 0.05) is 45.8 Å². The van der Waals surface area contributed by atoms with Crippen LogP contribution >= 0.6 is 0 Å². The average molecular weight is 963 g/mol. The van der Waals surface area contributed by atoms with Crippen molar-refractivity contribution in [1.29, 1.82) is 0 Å². The monoisotopic (exact) mass is 963 g/mol. The van der Waals surface area contributed by atoms with E-state index in [9.17, 15) is 49.2 Å². The first-order valence-electron chi connectivity index (χ1n) is 23.0. The van der Waals surface area contributed by atoms with Crippen LogP contribution in [0.2, 0.25) is 0 Å². The third-order valence-electron chi connectivity index (χ3n) is 11.5. The molecule has 0 bridgehead atoms. The Bertz CT molecular complexity index is 1800. The number of aromatic nitrogens is 1. The summed E-state index contributed by atoms with van der Waals surface area (Å²) in [5.41, 5.74) is -0.861. The maximum Gasteiger partial charge on any atom is 0.268 e. The minimum absolute atomic E-state index is 0.178. The number of amides is 7. The number of rotatable bonds is 32. The van der Waals surface area contributed by atoms with E-state index in [1.807, 2.05) is 51.1 Å². The van der Waals surface area contributed by atoms with Gasteiger partial charge in [-0.25, -0.2) is 20.2 Å². The fourth-order valence-corrected chi connectivity index (χ4v) is 6.61. The minimum Gasteiger partial charge on any atom is -0.378 e. The van der Waals surface area contributed by atoms with Crippen LogP contribution in [0.4, 0.5) is 5.82 Å². The Hall–Kier alpha value is -5.36. The van der Waals surface area contributed by atoms with E-state index in [4.69, 9.17) is 18.9 Å². The van der Waals surface area contributed by atoms with Crippen molar-refractivity contribution < 1.29 is 68.1 Å². The van der Waals surface area contributed by atoms with E-state index in [1.54, 1.807) is 26.8 Å². The van der Waals surface area contributed by atoms with Crippen LogP contribution in [-0.2, 0) is 52.5 Å². The Morgan fingerprint density at radius 2 is 0.926 bits per heavy atom. The number of nitrogens with one attached hydrogen (secondary N) is 4. The largest absolute Gasteiger partial charge is 0.378 e. The number of fused-ring (bicyclic) bond motifs is 1. The first-order valence-corrected chi connectivity index (χ1v) is 23.0. The highest BCUT2D eigenvalue weighted by Gasteiger charge is 2.35. The molecule has 68 heavy (non-hydrogen) atoms. The number of hydrogen-bond acceptors (Lipinski definition) is 15. The lowest BCUT2D eigenvalue weighted by Crippen LogP contribution is -2.51. The van der Waals surface area contributed by atoms with E-state index in [2.05, 4.69) is 26.3 Å². The molecule has 7 N–H and O–H groups in total. The molecule has 6 atom stereocenters. The second kappa shape index (κ2) is 30.2. The summed E-state index contributed by atoms with van der Waals surface area (Å²) in [4.78, 5) is 94.7. The number of ether oxygens (including phenoxy) is 4. The zero-order valence-electron chi connectivity index (χ0n) is 40.9. The summed E-state index contributed by atoms with van der Waals surface area (Å²) >= 11 is 0. The van der Waals surface area contributed by atoms with Crippen molar-refractivity contribution in [3.63, 3.8) is 0 Å². The molecule has 0 aliphatic carbocycles. The molecule has 3 unspecified atom stereocenters. The van der Waals surface area contributed by atoms with Crippen LogP contribution in [0, 0.1) is 17.8 Å². The fourth-order valence-electron chi connectivity index (χ4n) is 6.61. The van der Waals surface area contributed by atoms with Gasteiger partial charge in [-0.2, -0.15) is 0 Å². The first kappa shape index (κ1) is 58.8. The predicted molar refractivity (Wildman–Crippen MR) is 248 cm³/mol. The van der Waals surface area contributed by atoms with Crippen LogP contribution in [0.15, 0.2) is 36.4 Å². The van der Waals surface area contributed by atoms with Gasteiger partial charge in [-0.05, 0) is 36.0 Å². The Morgan fingerprint density at radius 3 is 1.29 bits per heavy atom. The average Bonchev–Trinajstić information content (AvgIpc) is 3.31. The molecular formula is C46H74N8O14. The van der Waals surface area contributed by atoms with Crippen LogP contribution in [0.3, 0.4) is 0 Å². The van der Waals surface area contributed by atoms with Gasteiger partial charge in [0.05, 0.1) is 58.2 Å². The van der Waals surface area contributed by atoms with Gasteiger partial charge in [-0.3, -0.25) is 49.2 Å². The topological polar surface area (TPSA) is 288 Å². The van der Waals surface area contributed by atoms with E-state index in [1.165, 1.54) is 21.1 Å². The molecule has 0 radical (unpaired) electrons. The van der Waals surface area contributed by atoms with Crippen LogP contribution in [0.1, 0.15) is 86.5 Å². The summed E-state index contributed by atoms with van der Waals surface area (Å²) in [6, 6.07) is 7.90. The molecule has 2 aromatic rings. The number of hydrogen-bond donors (Lipinski definition) is 7. The number of hydroxylamine groups is 6. The number of nitrogens with zero attached hydrogens (tertiary/aromatic N) is 4. The van der Waals surface area contributed by atoms with Crippen molar-refractivity contribution in [1.82, 2.24) is 36.1 Å². The van der Waals surface area contributed by atoms with Gasteiger partial charge in [0.1, 0.15) is 29.5 Å². The van der Waals surface area contributed by atoms with Crippen molar-refractivity contribution in [2.45, 2.75) is 110 Å². The highest BCUT2D eigenvalue weighted by atomic mass is 16.6. The summed E-state index contributed by atoms with van der Waals surface area (Å²) in [5.74, 6) is -4.71. The van der Waals surface area contributed by atoms with Crippen molar-refractivity contribution in [3.05, 3.63) is 36.4 Å². The summed E-state index contributed by atoms with van der Waals surface area (Å²) in [6.45, 7) is 9.08. The van der Waals surface area contributed by atoms with Crippen LogP contribution in [0.5, 0.6) is 0 Å². The SMILES string of the molecule is CCC(C)[C@H](NC(=O)CCOCC(COCCC(=O)N[C@H](C(=O)N(C)O)C(C)CC)(COCCC(=O)N[C@H](C(=O)N(C)O)C(C)CC)OCCC(=O)Nc1ccc2ccccc2n1)C(=O)N(C)O. The molecule has 0 saturated heterocycles. The molecule has 0 saturated carbocycles. The molecule has 382 valence electrons. The Morgan fingerprint density at radius 1 is 0.559 bits per heavy atom. The molecule has 0 fully saturated rings. The molecule has 22 nitrogen and oxygen atoms in total. The smallest absolute Gasteiger partial charge is 0.268 e. The summed E-state index contributed by atoms with van der Waals surface area (Å²) in [7, 11) is 3.50. The quantitative estimate of drug-likeness (QED) is 0.0315. The number of carbonyl (C=O) groups excluding carboxylic acids is 7. The maximum atomic E-state index is 13.2. The fraction of sp³-hybridized carbons (Fsp3) is 0.652. The Balaban J connectivity index is 2.34. The number of pyridine rings is 1. The van der Waals surface area contributed by atoms with E-state index in [0.29, 0.717) is 45.8 Å². The molecule has 7 amide bonds. The lowest BCUT2D eigenvalue weighted by Gasteiger charge is -2.33. The lowest BCUT2D eigenvalue weighted by atomic mass is 9.98. The summed E-state index contributed by atoms with van der Waals surface area (Å²) in [6.07, 6.45) is 0.783. The van der Waals surface area contributed by atoms with Gasteiger partial charge in [0.2, 0.25) is 23.6 Å². The number of benzene rings is 1. The van der Waals surface area contributed by atoms with Gasteiger partial charge in [0.25, 0.3) is 17.7 Å². The zero-order chi connectivity index (χ0) is 51.0. The zero-order valence-corrected chi connectivity index (χ0v) is 40.9. The molecule has 0 aliphatic heterocycles. The van der Waals surface area contributed by atoms with Gasteiger partial charge in [-0.1, -0.05) is 79.0 Å². The van der Waals surface area contributed by atoms with Crippen LogP contribution < -0.4 is 21.3 Å². The Labute approximate surface area is 398 Å². The second-order valence-electron chi connectivity index (χ2n) is 17.0. The Kier molecular flexibility index (Phi) is 26.1. The predicted octanol–water partition coefficient (Wildman–Crippen LogP) is 2.67. The lowest BCUT2D eigenvalue weighted by molar-refractivity contribution is -0.170. The molecule has 0 aliphatic rings. The van der Waals surface area contributed by atoms with Crippen molar-refractivity contribution in [3.8, 4) is 0 Å². The molecule has 1 heterocycles. The van der Waals surface area contributed by atoms with E-state index in [-0.39, 0.29) is 89.7 Å². The number of para-hydroxylation sites is 1. The summed E-state index contributed by atoms with van der Waals surface area (Å²) < 4.78 is 24.3. The molecule has 1 aromatic heterocycles. The standard InChI is InChI=1S/C46H74N8O14/c1-10-30(4)40(43(59)52(7)62)49-37(56)19-23-65-27-46(28-66-24-20-38(57)50-41(31(5)11-2)44(60)53(8)63,29-67-25-21-39(58)51-42(32(6)12-3)45(61)54(9)64)68-26-22-36(55)48-35-18-17-33-15-13-14-16-34(33)47-35/h13-18,30-32,40-42,62-64H,10-12,19-29H2,1-9H3,(H,49,56)(H,50,57)(H,51,58)(H,47,48,55)/t30?,31?,32?,40-,41-,42-,46?/m0/s1. The van der Waals surface area contributed by atoms with Gasteiger partial charge < -0.3 is 40.2 Å². The highest BCUT2D eigenvalue weighted by molar-refractivity contribution is 5.92. The molecule has 1 aromatic carbocycles. The third-order valence-corrected chi connectivity index (χ3v) is 11.5. The van der Waals surface area contributed by atoms with Crippen molar-refractivity contribution >= 4 is 58.1 Å².